The van der Waals surface area contributed by atoms with Gasteiger partial charge in [0.15, 0.2) is 0 Å². The molecular weight excluding hydrogens is 392 g/mol. The van der Waals surface area contributed by atoms with Crippen molar-refractivity contribution in [1.29, 1.82) is 0 Å². The highest BCUT2D eigenvalue weighted by atomic mass is 16.5. The molecule has 4 rings (SSSR count). The summed E-state index contributed by atoms with van der Waals surface area (Å²) in [5.41, 5.74) is 4.12. The molecule has 2 N–H and O–H groups in total. The van der Waals surface area contributed by atoms with Crippen molar-refractivity contribution in [1.82, 2.24) is 20.4 Å². The first kappa shape index (κ1) is 20.5. The first-order chi connectivity index (χ1) is 14.9. The fourth-order valence-electron chi connectivity index (χ4n) is 3.43. The van der Waals surface area contributed by atoms with Gasteiger partial charge in [-0.25, -0.2) is 0 Å². The fourth-order valence-corrected chi connectivity index (χ4v) is 3.43. The van der Waals surface area contributed by atoms with Crippen LogP contribution in [0.1, 0.15) is 42.0 Å². The maximum atomic E-state index is 12.4. The topological polar surface area (TPSA) is 101 Å². The van der Waals surface area contributed by atoms with Crippen molar-refractivity contribution in [2.45, 2.75) is 39.7 Å². The summed E-state index contributed by atoms with van der Waals surface area (Å²) in [5.74, 6) is 0.428. The van der Waals surface area contributed by atoms with E-state index in [1.165, 1.54) is 5.56 Å². The summed E-state index contributed by atoms with van der Waals surface area (Å²) >= 11 is 0. The molecular formula is C24H24N4O3. The number of rotatable bonds is 6. The Bertz CT molecular complexity index is 1290. The second kappa shape index (κ2) is 8.55. The third kappa shape index (κ3) is 4.71. The third-order valence-corrected chi connectivity index (χ3v) is 5.23. The van der Waals surface area contributed by atoms with Crippen LogP contribution in [0.2, 0.25) is 0 Å². The van der Waals surface area contributed by atoms with Crippen LogP contribution in [0.15, 0.2) is 57.8 Å². The molecule has 0 aliphatic heterocycles. The van der Waals surface area contributed by atoms with E-state index in [0.717, 1.165) is 22.0 Å². The molecule has 7 heteroatoms. The lowest BCUT2D eigenvalue weighted by Gasteiger charge is -2.14. The van der Waals surface area contributed by atoms with Crippen molar-refractivity contribution < 1.29 is 9.32 Å². The maximum absolute atomic E-state index is 12.4. The zero-order valence-corrected chi connectivity index (χ0v) is 17.7. The summed E-state index contributed by atoms with van der Waals surface area (Å²) < 4.78 is 5.27. The molecule has 0 unspecified atom stereocenters. The van der Waals surface area contributed by atoms with E-state index in [2.05, 4.69) is 20.4 Å². The van der Waals surface area contributed by atoms with Crippen LogP contribution in [0.3, 0.4) is 0 Å². The van der Waals surface area contributed by atoms with E-state index in [9.17, 15) is 9.59 Å². The zero-order chi connectivity index (χ0) is 22.0. The number of hydrogen-bond acceptors (Lipinski definition) is 5. The number of fused-ring (bicyclic) bond motifs is 1. The summed E-state index contributed by atoms with van der Waals surface area (Å²) in [6.07, 6.45) is 0.509. The van der Waals surface area contributed by atoms with Gasteiger partial charge in [0.25, 0.3) is 5.56 Å². The number of H-pyrrole nitrogens is 1. The predicted molar refractivity (Wildman–Crippen MR) is 119 cm³/mol. The number of nitrogens with zero attached hydrogens (tertiary/aromatic N) is 2. The van der Waals surface area contributed by atoms with Crippen LogP contribution in [-0.4, -0.2) is 21.0 Å². The maximum Gasteiger partial charge on any atom is 0.259 e. The number of amides is 1. The summed E-state index contributed by atoms with van der Waals surface area (Å²) in [7, 11) is 0. The van der Waals surface area contributed by atoms with Gasteiger partial charge in [0.05, 0.1) is 11.6 Å². The number of benzene rings is 2. The molecule has 2 aromatic carbocycles. The summed E-state index contributed by atoms with van der Waals surface area (Å²) in [6.45, 7) is 5.96. The highest BCUT2D eigenvalue weighted by Gasteiger charge is 2.15. The minimum absolute atomic E-state index is 0.0917. The van der Waals surface area contributed by atoms with Gasteiger partial charge >= 0.3 is 0 Å². The number of nitrogens with one attached hydrogen (secondary N) is 2. The van der Waals surface area contributed by atoms with E-state index in [-0.39, 0.29) is 29.8 Å². The Labute approximate surface area is 179 Å². The monoisotopic (exact) mass is 416 g/mol. The smallest absolute Gasteiger partial charge is 0.259 e. The quantitative estimate of drug-likeness (QED) is 0.495. The van der Waals surface area contributed by atoms with E-state index >= 15 is 0 Å². The Morgan fingerprint density at radius 3 is 2.61 bits per heavy atom. The Morgan fingerprint density at radius 2 is 1.84 bits per heavy atom. The zero-order valence-electron chi connectivity index (χ0n) is 17.7. The second-order valence-electron chi connectivity index (χ2n) is 7.81. The number of aryl methyl sites for hydroxylation is 3. The van der Waals surface area contributed by atoms with Gasteiger partial charge in [-0.3, -0.25) is 9.59 Å². The van der Waals surface area contributed by atoms with Gasteiger partial charge in [-0.05, 0) is 49.9 Å². The van der Waals surface area contributed by atoms with Gasteiger partial charge in [-0.1, -0.05) is 46.6 Å². The average Bonchev–Trinajstić information content (AvgIpc) is 3.21. The van der Waals surface area contributed by atoms with Gasteiger partial charge in [0.2, 0.25) is 17.6 Å². The third-order valence-electron chi connectivity index (χ3n) is 5.23. The number of carbonyl (C=O) groups excluding carboxylic acids is 1. The van der Waals surface area contributed by atoms with Crippen LogP contribution in [0, 0.1) is 13.8 Å². The van der Waals surface area contributed by atoms with E-state index in [1.54, 1.807) is 6.07 Å². The molecule has 1 amide bonds. The molecule has 2 aromatic heterocycles. The van der Waals surface area contributed by atoms with E-state index in [4.69, 9.17) is 4.52 Å². The van der Waals surface area contributed by atoms with Crippen LogP contribution >= 0.6 is 0 Å². The van der Waals surface area contributed by atoms with Crippen LogP contribution < -0.4 is 10.9 Å². The lowest BCUT2D eigenvalue weighted by Crippen LogP contribution is -2.26. The standard InChI is InChI=1S/C24H24N4O3/c1-14-4-7-17(8-5-14)16(3)25-21(29)10-11-22-27-23(28-31-22)19-13-18-12-15(2)6-9-20(18)26-24(19)30/h4-9,12-13,16H,10-11H2,1-3H3,(H,25,29)(H,26,30)/t16-/m1/s1. The number of pyridine rings is 1. The van der Waals surface area contributed by atoms with Crippen LogP contribution in [0.25, 0.3) is 22.3 Å². The Kier molecular flexibility index (Phi) is 5.66. The summed E-state index contributed by atoms with van der Waals surface area (Å²) in [5, 5.41) is 7.80. The van der Waals surface area contributed by atoms with E-state index < -0.39 is 0 Å². The van der Waals surface area contributed by atoms with Crippen molar-refractivity contribution in [3.05, 3.63) is 81.5 Å². The van der Waals surface area contributed by atoms with Gasteiger partial charge in [0.1, 0.15) is 0 Å². The SMILES string of the molecule is Cc1ccc([C@@H](C)NC(=O)CCc2nc(-c3cc4cc(C)ccc4[nH]c3=O)no2)cc1. The van der Waals surface area contributed by atoms with Gasteiger partial charge in [0, 0.05) is 18.4 Å². The summed E-state index contributed by atoms with van der Waals surface area (Å²) in [4.78, 5) is 31.9. The molecule has 2 heterocycles. The predicted octanol–water partition coefficient (Wildman–Crippen LogP) is 4.00. The highest BCUT2D eigenvalue weighted by molar-refractivity contribution is 5.83. The molecule has 0 aliphatic carbocycles. The largest absolute Gasteiger partial charge is 0.350 e. The number of aromatic amines is 1. The first-order valence-electron chi connectivity index (χ1n) is 10.2. The minimum Gasteiger partial charge on any atom is -0.350 e. The van der Waals surface area contributed by atoms with Crippen LogP contribution in [0.4, 0.5) is 0 Å². The van der Waals surface area contributed by atoms with Crippen molar-refractivity contribution in [2.24, 2.45) is 0 Å². The van der Waals surface area contributed by atoms with E-state index in [0.29, 0.717) is 17.9 Å². The van der Waals surface area contributed by atoms with Crippen molar-refractivity contribution >= 4 is 16.8 Å². The minimum atomic E-state index is -0.284. The molecule has 7 nitrogen and oxygen atoms in total. The molecule has 0 saturated heterocycles. The molecule has 0 spiro atoms. The number of aromatic nitrogens is 3. The van der Waals surface area contributed by atoms with Crippen molar-refractivity contribution in [2.75, 3.05) is 0 Å². The average molecular weight is 416 g/mol. The molecule has 0 saturated carbocycles. The molecule has 158 valence electrons. The van der Waals surface area contributed by atoms with Crippen LogP contribution in [0.5, 0.6) is 0 Å². The normalized spacial score (nSPS) is 12.1. The Hall–Kier alpha value is -3.74. The van der Waals surface area contributed by atoms with Gasteiger partial charge in [-0.15, -0.1) is 0 Å². The molecule has 1 atom stereocenters. The number of hydrogen-bond donors (Lipinski definition) is 2. The van der Waals surface area contributed by atoms with Gasteiger partial charge in [-0.2, -0.15) is 4.98 Å². The molecule has 0 fully saturated rings. The molecule has 0 aliphatic rings. The van der Waals surface area contributed by atoms with Crippen molar-refractivity contribution in [3.8, 4) is 11.4 Å². The van der Waals surface area contributed by atoms with Crippen LogP contribution in [-0.2, 0) is 11.2 Å². The molecule has 0 radical (unpaired) electrons. The lowest BCUT2D eigenvalue weighted by atomic mass is 10.1. The summed E-state index contributed by atoms with van der Waals surface area (Å²) in [6, 6.07) is 15.5. The first-order valence-corrected chi connectivity index (χ1v) is 10.2. The molecule has 31 heavy (non-hydrogen) atoms. The van der Waals surface area contributed by atoms with Crippen molar-refractivity contribution in [3.63, 3.8) is 0 Å². The molecule has 0 bridgehead atoms. The second-order valence-corrected chi connectivity index (χ2v) is 7.81. The molecule has 4 aromatic rings. The Balaban J connectivity index is 1.42. The number of carbonyl (C=O) groups is 1. The Morgan fingerprint density at radius 1 is 1.10 bits per heavy atom. The van der Waals surface area contributed by atoms with E-state index in [1.807, 2.05) is 63.2 Å². The van der Waals surface area contributed by atoms with Gasteiger partial charge < -0.3 is 14.8 Å². The fraction of sp³-hybridized carbons (Fsp3) is 0.250. The lowest BCUT2D eigenvalue weighted by molar-refractivity contribution is -0.121. The highest BCUT2D eigenvalue weighted by Crippen LogP contribution is 2.19.